The Kier molecular flexibility index (Phi) is 2.25. The number of benzene rings is 1. The second-order valence-corrected chi connectivity index (χ2v) is 3.30. The van der Waals surface area contributed by atoms with Gasteiger partial charge in [-0.15, -0.1) is 11.6 Å². The van der Waals surface area contributed by atoms with Crippen molar-refractivity contribution in [1.29, 1.82) is 0 Å². The van der Waals surface area contributed by atoms with Crippen molar-refractivity contribution in [3.8, 4) is 5.75 Å². The van der Waals surface area contributed by atoms with Gasteiger partial charge < -0.3 is 4.74 Å². The summed E-state index contributed by atoms with van der Waals surface area (Å²) in [6, 6.07) is 4.94. The minimum Gasteiger partial charge on any atom is -0.426 e. The predicted octanol–water partition coefficient (Wildman–Crippen LogP) is 1.57. The summed E-state index contributed by atoms with van der Waals surface area (Å²) in [5.74, 6) is -0.0360. The van der Waals surface area contributed by atoms with Crippen LogP contribution in [0, 0.1) is 0 Å². The van der Waals surface area contributed by atoms with E-state index in [9.17, 15) is 9.59 Å². The summed E-state index contributed by atoms with van der Waals surface area (Å²) in [4.78, 5) is 22.1. The van der Waals surface area contributed by atoms with Crippen LogP contribution in [0.3, 0.4) is 0 Å². The first-order valence-corrected chi connectivity index (χ1v) is 4.67. The minimum atomic E-state index is -0.282. The predicted molar refractivity (Wildman–Crippen MR) is 50.8 cm³/mol. The molecule has 0 spiro atoms. The maximum atomic E-state index is 11.2. The standard InChI is InChI=1S/C10H7ClO3/c11-5-8(12)6-1-2-7-4-10(13)14-9(7)3-6/h1-3H,4-5H2. The molecule has 4 heteroatoms. The van der Waals surface area contributed by atoms with E-state index in [0.29, 0.717) is 11.3 Å². The molecular weight excluding hydrogens is 204 g/mol. The van der Waals surface area contributed by atoms with Crippen LogP contribution in [0.1, 0.15) is 15.9 Å². The highest BCUT2D eigenvalue weighted by Gasteiger charge is 2.21. The second kappa shape index (κ2) is 3.42. The molecule has 2 rings (SSSR count). The van der Waals surface area contributed by atoms with Crippen molar-refractivity contribution in [2.24, 2.45) is 0 Å². The highest BCUT2D eigenvalue weighted by molar-refractivity contribution is 6.30. The van der Waals surface area contributed by atoms with Gasteiger partial charge >= 0.3 is 5.97 Å². The molecule has 3 nitrogen and oxygen atoms in total. The van der Waals surface area contributed by atoms with Gasteiger partial charge in [-0.3, -0.25) is 9.59 Å². The Bertz CT molecular complexity index is 412. The number of halogens is 1. The number of Topliss-reactive ketones (excluding diaryl/α,β-unsaturated/α-hetero) is 1. The topological polar surface area (TPSA) is 43.4 Å². The number of rotatable bonds is 2. The largest absolute Gasteiger partial charge is 0.426 e. The van der Waals surface area contributed by atoms with E-state index in [2.05, 4.69) is 0 Å². The summed E-state index contributed by atoms with van der Waals surface area (Å²) in [6.45, 7) is 0. The smallest absolute Gasteiger partial charge is 0.315 e. The maximum Gasteiger partial charge on any atom is 0.315 e. The Labute approximate surface area is 85.6 Å². The Morgan fingerprint density at radius 2 is 2.29 bits per heavy atom. The SMILES string of the molecule is O=C1Cc2ccc(C(=O)CCl)cc2O1. The number of hydrogen-bond acceptors (Lipinski definition) is 3. The molecule has 0 atom stereocenters. The first kappa shape index (κ1) is 9.21. The van der Waals surface area contributed by atoms with Crippen molar-refractivity contribution in [1.82, 2.24) is 0 Å². The highest BCUT2D eigenvalue weighted by atomic mass is 35.5. The van der Waals surface area contributed by atoms with Crippen LogP contribution in [-0.2, 0) is 11.2 Å². The average molecular weight is 211 g/mol. The summed E-state index contributed by atoms with van der Waals surface area (Å²) < 4.78 is 4.91. The molecule has 1 aliphatic rings. The van der Waals surface area contributed by atoms with Gasteiger partial charge in [-0.05, 0) is 6.07 Å². The van der Waals surface area contributed by atoms with Gasteiger partial charge in [-0.1, -0.05) is 12.1 Å². The van der Waals surface area contributed by atoms with Crippen molar-refractivity contribution in [3.05, 3.63) is 29.3 Å². The van der Waals surface area contributed by atoms with E-state index in [0.717, 1.165) is 5.56 Å². The molecule has 0 saturated carbocycles. The zero-order valence-electron chi connectivity index (χ0n) is 7.25. The van der Waals surface area contributed by atoms with Gasteiger partial charge in [0.15, 0.2) is 5.78 Å². The molecule has 0 unspecified atom stereocenters. The maximum absolute atomic E-state index is 11.2. The number of ether oxygens (including phenoxy) is 1. The third kappa shape index (κ3) is 1.51. The molecule has 72 valence electrons. The fraction of sp³-hybridized carbons (Fsp3) is 0.200. The van der Waals surface area contributed by atoms with Gasteiger partial charge in [0.1, 0.15) is 5.75 Å². The van der Waals surface area contributed by atoms with Gasteiger partial charge in [0.25, 0.3) is 0 Å². The van der Waals surface area contributed by atoms with Gasteiger partial charge in [-0.25, -0.2) is 0 Å². The van der Waals surface area contributed by atoms with Crippen LogP contribution in [0.2, 0.25) is 0 Å². The zero-order chi connectivity index (χ0) is 10.1. The quantitative estimate of drug-likeness (QED) is 0.322. The molecule has 14 heavy (non-hydrogen) atoms. The molecule has 0 N–H and O–H groups in total. The number of hydrogen-bond donors (Lipinski definition) is 0. The lowest BCUT2D eigenvalue weighted by molar-refractivity contribution is -0.131. The number of carbonyl (C=O) groups excluding carboxylic acids is 2. The van der Waals surface area contributed by atoms with E-state index in [4.69, 9.17) is 16.3 Å². The lowest BCUT2D eigenvalue weighted by Crippen LogP contribution is -2.01. The van der Waals surface area contributed by atoms with Crippen molar-refractivity contribution in [2.75, 3.05) is 5.88 Å². The Morgan fingerprint density at radius 3 is 3.00 bits per heavy atom. The van der Waals surface area contributed by atoms with Crippen LogP contribution in [-0.4, -0.2) is 17.6 Å². The van der Waals surface area contributed by atoms with E-state index in [1.54, 1.807) is 18.2 Å². The Morgan fingerprint density at radius 1 is 1.50 bits per heavy atom. The molecule has 0 aromatic heterocycles. The zero-order valence-corrected chi connectivity index (χ0v) is 8.00. The Balaban J connectivity index is 2.37. The monoisotopic (exact) mass is 210 g/mol. The van der Waals surface area contributed by atoms with Crippen LogP contribution in [0.25, 0.3) is 0 Å². The Hall–Kier alpha value is -1.35. The van der Waals surface area contributed by atoms with Gasteiger partial charge in [0, 0.05) is 11.1 Å². The number of alkyl halides is 1. The average Bonchev–Trinajstić information content (AvgIpc) is 2.55. The first-order chi connectivity index (χ1) is 6.70. The normalized spacial score (nSPS) is 13.6. The molecule has 0 saturated heterocycles. The number of esters is 1. The molecule has 0 bridgehead atoms. The summed E-state index contributed by atoms with van der Waals surface area (Å²) in [6.07, 6.45) is 0.282. The third-order valence-corrected chi connectivity index (χ3v) is 2.31. The fourth-order valence-corrected chi connectivity index (χ4v) is 1.51. The third-order valence-electron chi connectivity index (χ3n) is 2.07. The molecule has 0 fully saturated rings. The van der Waals surface area contributed by atoms with Gasteiger partial charge in [0.2, 0.25) is 0 Å². The van der Waals surface area contributed by atoms with Crippen molar-refractivity contribution >= 4 is 23.4 Å². The fourth-order valence-electron chi connectivity index (χ4n) is 1.36. The van der Waals surface area contributed by atoms with Crippen LogP contribution in [0.15, 0.2) is 18.2 Å². The molecule has 0 amide bonds. The van der Waals surface area contributed by atoms with Crippen LogP contribution in [0.5, 0.6) is 5.75 Å². The van der Waals surface area contributed by atoms with E-state index in [1.165, 1.54) is 0 Å². The van der Waals surface area contributed by atoms with Crippen molar-refractivity contribution < 1.29 is 14.3 Å². The van der Waals surface area contributed by atoms with E-state index in [-0.39, 0.29) is 24.1 Å². The molecule has 1 aliphatic heterocycles. The molecule has 0 radical (unpaired) electrons. The summed E-state index contributed by atoms with van der Waals surface area (Å²) in [7, 11) is 0. The van der Waals surface area contributed by atoms with E-state index in [1.807, 2.05) is 0 Å². The van der Waals surface area contributed by atoms with Crippen LogP contribution < -0.4 is 4.74 Å². The van der Waals surface area contributed by atoms with Crippen molar-refractivity contribution in [2.45, 2.75) is 6.42 Å². The first-order valence-electron chi connectivity index (χ1n) is 4.13. The molecule has 0 aliphatic carbocycles. The summed E-state index contributed by atoms with van der Waals surface area (Å²) >= 11 is 5.41. The van der Waals surface area contributed by atoms with Crippen LogP contribution >= 0.6 is 11.6 Å². The van der Waals surface area contributed by atoms with Gasteiger partial charge in [0.05, 0.1) is 12.3 Å². The molecule has 1 heterocycles. The van der Waals surface area contributed by atoms with Crippen molar-refractivity contribution in [3.63, 3.8) is 0 Å². The van der Waals surface area contributed by atoms with Gasteiger partial charge in [-0.2, -0.15) is 0 Å². The number of ketones is 1. The lowest BCUT2D eigenvalue weighted by atomic mass is 10.1. The highest BCUT2D eigenvalue weighted by Crippen LogP contribution is 2.27. The number of fused-ring (bicyclic) bond motifs is 1. The summed E-state index contributed by atoms with van der Waals surface area (Å²) in [5.41, 5.74) is 1.30. The van der Waals surface area contributed by atoms with Crippen LogP contribution in [0.4, 0.5) is 0 Å². The van der Waals surface area contributed by atoms with E-state index >= 15 is 0 Å². The molecule has 1 aromatic rings. The second-order valence-electron chi connectivity index (χ2n) is 3.03. The summed E-state index contributed by atoms with van der Waals surface area (Å²) in [5, 5.41) is 0. The minimum absolute atomic E-state index is 0.0628. The molecule has 1 aromatic carbocycles. The van der Waals surface area contributed by atoms with E-state index < -0.39 is 0 Å². The number of carbonyl (C=O) groups is 2. The lowest BCUT2D eigenvalue weighted by Gasteiger charge is -2.00. The molecular formula is C10H7ClO3.